The third-order valence-corrected chi connectivity index (χ3v) is 10.8. The predicted octanol–water partition coefficient (Wildman–Crippen LogP) is 5.45. The van der Waals surface area contributed by atoms with E-state index >= 15 is 0 Å². The Kier molecular flexibility index (Phi) is 3.35. The lowest BCUT2D eigenvalue weighted by atomic mass is 10.2. The highest BCUT2D eigenvalue weighted by Crippen LogP contribution is 2.56. The molecule has 0 fully saturated rings. The fourth-order valence-electron chi connectivity index (χ4n) is 4.22. The van der Waals surface area contributed by atoms with Crippen molar-refractivity contribution in [3.8, 4) is 17.1 Å². The molecule has 1 aliphatic heterocycles. The van der Waals surface area contributed by atoms with Crippen LogP contribution in [0.4, 0.5) is 0 Å². The summed E-state index contributed by atoms with van der Waals surface area (Å²) in [6.45, 7) is 18.2. The molecule has 0 aliphatic carbocycles. The first kappa shape index (κ1) is 16.3. The molecule has 4 heteroatoms. The maximum absolute atomic E-state index is 6.93. The topological polar surface area (TPSA) is 27.1 Å². The summed E-state index contributed by atoms with van der Waals surface area (Å²) in [5.74, 6) is 2.07. The average molecular weight is 329 g/mol. The first-order valence-corrected chi connectivity index (χ1v) is 10.2. The SMILES string of the molecule is Cc1nc2n(c1C)[Si](C(C)(C)C)(C(C)(C)C)Oc1ccccc1-2. The van der Waals surface area contributed by atoms with Gasteiger partial charge in [-0.2, -0.15) is 0 Å². The Hall–Kier alpha value is -1.55. The minimum absolute atomic E-state index is 0.0332. The van der Waals surface area contributed by atoms with E-state index in [1.54, 1.807) is 0 Å². The van der Waals surface area contributed by atoms with Gasteiger partial charge in [0.25, 0.3) is 0 Å². The van der Waals surface area contributed by atoms with Crippen LogP contribution in [-0.2, 0) is 0 Å². The molecule has 0 amide bonds. The Labute approximate surface area is 140 Å². The highest BCUT2D eigenvalue weighted by Gasteiger charge is 2.63. The van der Waals surface area contributed by atoms with Crippen LogP contribution in [0, 0.1) is 13.8 Å². The number of rotatable bonds is 0. The fourth-order valence-corrected chi connectivity index (χ4v) is 10.1. The van der Waals surface area contributed by atoms with Gasteiger partial charge in [-0.05, 0) is 26.0 Å². The zero-order valence-electron chi connectivity index (χ0n) is 15.6. The van der Waals surface area contributed by atoms with Gasteiger partial charge in [-0.3, -0.25) is 0 Å². The molecule has 3 nitrogen and oxygen atoms in total. The second-order valence-corrected chi connectivity index (χ2v) is 13.6. The summed E-state index contributed by atoms with van der Waals surface area (Å²) in [6.07, 6.45) is 0. The summed E-state index contributed by atoms with van der Waals surface area (Å²) in [6, 6.07) is 8.34. The number of para-hydroxylation sites is 1. The molecule has 1 aromatic carbocycles. The van der Waals surface area contributed by atoms with Crippen LogP contribution in [0.1, 0.15) is 52.9 Å². The number of hydrogen-bond acceptors (Lipinski definition) is 2. The molecule has 2 aromatic rings. The number of aryl methyl sites for hydroxylation is 1. The fraction of sp³-hybridized carbons (Fsp3) is 0.526. The van der Waals surface area contributed by atoms with E-state index in [0.29, 0.717) is 0 Å². The summed E-state index contributed by atoms with van der Waals surface area (Å²) in [5, 5.41) is 0.0663. The third kappa shape index (κ3) is 2.04. The van der Waals surface area contributed by atoms with Crippen LogP contribution in [-0.4, -0.2) is 17.7 Å². The van der Waals surface area contributed by atoms with Crippen molar-refractivity contribution in [3.05, 3.63) is 35.7 Å². The van der Waals surface area contributed by atoms with Crippen molar-refractivity contribution in [3.63, 3.8) is 0 Å². The second-order valence-electron chi connectivity index (χ2n) is 8.68. The minimum atomic E-state index is -2.43. The lowest BCUT2D eigenvalue weighted by molar-refractivity contribution is 0.397. The van der Waals surface area contributed by atoms with E-state index in [4.69, 9.17) is 9.41 Å². The molecular formula is C19H28N2OSi. The summed E-state index contributed by atoms with van der Waals surface area (Å²) in [5.41, 5.74) is 3.46. The van der Waals surface area contributed by atoms with Gasteiger partial charge in [0.2, 0.25) is 0 Å². The van der Waals surface area contributed by atoms with Gasteiger partial charge in [0, 0.05) is 15.8 Å². The molecule has 3 rings (SSSR count). The average Bonchev–Trinajstić information content (AvgIpc) is 2.72. The van der Waals surface area contributed by atoms with Crippen molar-refractivity contribution < 1.29 is 4.43 Å². The highest BCUT2D eigenvalue weighted by molar-refractivity contribution is 6.79. The smallest absolute Gasteiger partial charge is 0.377 e. The van der Waals surface area contributed by atoms with E-state index in [9.17, 15) is 0 Å². The summed E-state index contributed by atoms with van der Waals surface area (Å²) >= 11 is 0. The van der Waals surface area contributed by atoms with Crippen LogP contribution >= 0.6 is 0 Å². The lowest BCUT2D eigenvalue weighted by Gasteiger charge is -2.53. The molecule has 0 saturated heterocycles. The highest BCUT2D eigenvalue weighted by atomic mass is 28.4. The first-order chi connectivity index (χ1) is 10.5. The Bertz CT molecular complexity index is 749. The van der Waals surface area contributed by atoms with Crippen molar-refractivity contribution in [1.29, 1.82) is 0 Å². The minimum Gasteiger partial charge on any atom is -0.523 e. The van der Waals surface area contributed by atoms with Crippen molar-refractivity contribution in [1.82, 2.24) is 9.22 Å². The Morgan fingerprint density at radius 2 is 1.52 bits per heavy atom. The molecular weight excluding hydrogens is 300 g/mol. The number of aromatic nitrogens is 2. The molecule has 2 heterocycles. The lowest BCUT2D eigenvalue weighted by Crippen LogP contribution is -2.64. The number of nitrogens with zero attached hydrogens (tertiary/aromatic N) is 2. The largest absolute Gasteiger partial charge is 0.523 e. The molecule has 0 N–H and O–H groups in total. The molecule has 124 valence electrons. The van der Waals surface area contributed by atoms with Gasteiger partial charge < -0.3 is 8.66 Å². The zero-order valence-corrected chi connectivity index (χ0v) is 16.6. The molecule has 1 aliphatic rings. The van der Waals surface area contributed by atoms with E-state index in [1.807, 2.05) is 0 Å². The van der Waals surface area contributed by atoms with Crippen LogP contribution in [0.25, 0.3) is 11.4 Å². The number of fused-ring (bicyclic) bond motifs is 3. The van der Waals surface area contributed by atoms with Crippen molar-refractivity contribution in [2.24, 2.45) is 0 Å². The van der Waals surface area contributed by atoms with Crippen LogP contribution in [0.5, 0.6) is 5.75 Å². The van der Waals surface area contributed by atoms with Crippen molar-refractivity contribution in [2.45, 2.75) is 65.5 Å². The number of hydrogen-bond donors (Lipinski definition) is 0. The van der Waals surface area contributed by atoms with E-state index < -0.39 is 8.48 Å². The molecule has 23 heavy (non-hydrogen) atoms. The molecule has 0 bridgehead atoms. The van der Waals surface area contributed by atoms with E-state index in [-0.39, 0.29) is 10.1 Å². The quantitative estimate of drug-likeness (QED) is 0.601. The van der Waals surface area contributed by atoms with Gasteiger partial charge in [0.15, 0.2) is 0 Å². The van der Waals surface area contributed by atoms with E-state index in [1.165, 1.54) is 5.69 Å². The van der Waals surface area contributed by atoms with Crippen LogP contribution in [0.2, 0.25) is 10.1 Å². The van der Waals surface area contributed by atoms with Gasteiger partial charge in [-0.25, -0.2) is 4.98 Å². The zero-order chi connectivity index (χ0) is 17.2. The summed E-state index contributed by atoms with van der Waals surface area (Å²) in [7, 11) is -2.43. The van der Waals surface area contributed by atoms with Gasteiger partial charge in [0.1, 0.15) is 11.6 Å². The van der Waals surface area contributed by atoms with Crippen LogP contribution in [0.15, 0.2) is 24.3 Å². The van der Waals surface area contributed by atoms with Crippen molar-refractivity contribution >= 4 is 8.48 Å². The summed E-state index contributed by atoms with van der Waals surface area (Å²) in [4.78, 5) is 4.93. The third-order valence-electron chi connectivity index (χ3n) is 5.08. The number of imidazole rings is 1. The van der Waals surface area contributed by atoms with Crippen LogP contribution in [0.3, 0.4) is 0 Å². The van der Waals surface area contributed by atoms with Crippen molar-refractivity contribution in [2.75, 3.05) is 0 Å². The monoisotopic (exact) mass is 328 g/mol. The molecule has 0 radical (unpaired) electrons. The normalized spacial score (nSPS) is 16.5. The molecule has 0 unspecified atom stereocenters. The Morgan fingerprint density at radius 3 is 2.09 bits per heavy atom. The maximum atomic E-state index is 6.93. The van der Waals surface area contributed by atoms with Gasteiger partial charge >= 0.3 is 8.48 Å². The molecule has 0 saturated carbocycles. The molecule has 0 atom stereocenters. The van der Waals surface area contributed by atoms with Gasteiger partial charge in [0.05, 0.1) is 11.3 Å². The Balaban J connectivity index is 2.47. The Morgan fingerprint density at radius 1 is 0.957 bits per heavy atom. The molecule has 0 spiro atoms. The molecule has 1 aromatic heterocycles. The van der Waals surface area contributed by atoms with Gasteiger partial charge in [-0.15, -0.1) is 0 Å². The maximum Gasteiger partial charge on any atom is 0.377 e. The van der Waals surface area contributed by atoms with Gasteiger partial charge in [-0.1, -0.05) is 53.7 Å². The van der Waals surface area contributed by atoms with Crippen LogP contribution < -0.4 is 4.43 Å². The summed E-state index contributed by atoms with van der Waals surface area (Å²) < 4.78 is 9.41. The van der Waals surface area contributed by atoms with E-state index in [0.717, 1.165) is 22.8 Å². The second kappa shape index (κ2) is 4.73. The number of benzene rings is 1. The standard InChI is InChI=1S/C19H28N2OSi/c1-13-14(2)21-17(20-13)15-11-9-10-12-16(15)22-23(21,18(3,4)5)19(6,7)8/h9-12H,1-8H3. The van der Waals surface area contributed by atoms with E-state index in [2.05, 4.69) is 83.9 Å². The predicted molar refractivity (Wildman–Crippen MR) is 98.3 cm³/mol. The first-order valence-electron chi connectivity index (χ1n) is 8.35.